The molecule has 0 unspecified atom stereocenters. The highest BCUT2D eigenvalue weighted by atomic mass is 32.2. The number of methoxy groups -OCH3 is 1. The molecule has 0 amide bonds. The third-order valence-corrected chi connectivity index (χ3v) is 6.52. The lowest BCUT2D eigenvalue weighted by Gasteiger charge is -2.39. The first-order chi connectivity index (χ1) is 11.5. The average Bonchev–Trinajstić information content (AvgIpc) is 2.93. The number of nitrogens with one attached hydrogen (secondary N) is 1. The molecule has 1 aromatic heterocycles. The van der Waals surface area contributed by atoms with Crippen molar-refractivity contribution in [2.45, 2.75) is 16.2 Å². The van der Waals surface area contributed by atoms with Crippen LogP contribution in [0.4, 0.5) is 0 Å². The van der Waals surface area contributed by atoms with Gasteiger partial charge in [-0.25, -0.2) is 0 Å². The summed E-state index contributed by atoms with van der Waals surface area (Å²) < 4.78 is 10.6. The van der Waals surface area contributed by atoms with Gasteiger partial charge in [-0.05, 0) is 6.07 Å². The minimum atomic E-state index is -1.36. The SMILES string of the molecule is COc1cccc2c1OC(=O)[C@H]1[C@@H]2c2sc(=O)[nH]c2S[C@@H]1C(=O)[O-]. The van der Waals surface area contributed by atoms with Crippen LogP contribution in [0.1, 0.15) is 16.4 Å². The second-order valence-corrected chi connectivity index (χ2v) is 7.54. The van der Waals surface area contributed by atoms with E-state index in [9.17, 15) is 19.5 Å². The number of thioether (sulfide) groups is 1. The second kappa shape index (κ2) is 5.38. The number of rotatable bonds is 2. The van der Waals surface area contributed by atoms with Crippen molar-refractivity contribution in [3.63, 3.8) is 0 Å². The number of para-hydroxylation sites is 1. The molecule has 3 heterocycles. The molecule has 1 aromatic carbocycles. The average molecular weight is 364 g/mol. The highest BCUT2D eigenvalue weighted by Crippen LogP contribution is 2.54. The van der Waals surface area contributed by atoms with Crippen LogP contribution in [0.3, 0.4) is 0 Å². The fourth-order valence-electron chi connectivity index (χ4n) is 3.16. The van der Waals surface area contributed by atoms with Gasteiger partial charge in [-0.15, -0.1) is 0 Å². The van der Waals surface area contributed by atoms with E-state index in [1.54, 1.807) is 18.2 Å². The summed E-state index contributed by atoms with van der Waals surface area (Å²) in [5, 5.41) is 10.9. The second-order valence-electron chi connectivity index (χ2n) is 5.37. The van der Waals surface area contributed by atoms with Crippen LogP contribution in [-0.4, -0.2) is 29.3 Å². The van der Waals surface area contributed by atoms with E-state index in [1.165, 1.54) is 7.11 Å². The zero-order chi connectivity index (χ0) is 17.0. The molecule has 0 spiro atoms. The number of aromatic nitrogens is 1. The lowest BCUT2D eigenvalue weighted by Crippen LogP contribution is -2.48. The highest BCUT2D eigenvalue weighted by molar-refractivity contribution is 8.00. The molecule has 2 aromatic rings. The number of fused-ring (bicyclic) bond motifs is 5. The molecule has 0 bridgehead atoms. The topological polar surface area (TPSA) is 109 Å². The summed E-state index contributed by atoms with van der Waals surface area (Å²) in [4.78, 5) is 38.8. The van der Waals surface area contributed by atoms with Crippen molar-refractivity contribution >= 4 is 35.0 Å². The van der Waals surface area contributed by atoms with Crippen LogP contribution in [0.25, 0.3) is 0 Å². The van der Waals surface area contributed by atoms with Gasteiger partial charge in [0.05, 0.1) is 29.3 Å². The van der Waals surface area contributed by atoms with Gasteiger partial charge in [0.1, 0.15) is 0 Å². The van der Waals surface area contributed by atoms with Crippen LogP contribution in [0, 0.1) is 5.92 Å². The number of hydrogen-bond acceptors (Lipinski definition) is 8. The summed E-state index contributed by atoms with van der Waals surface area (Å²) in [6, 6.07) is 5.14. The third kappa shape index (κ3) is 2.08. The zero-order valence-electron chi connectivity index (χ0n) is 12.2. The Morgan fingerprint density at radius 2 is 2.17 bits per heavy atom. The van der Waals surface area contributed by atoms with Crippen LogP contribution in [0.5, 0.6) is 11.5 Å². The summed E-state index contributed by atoms with van der Waals surface area (Å²) in [7, 11) is 1.45. The number of aromatic amines is 1. The van der Waals surface area contributed by atoms with Crippen molar-refractivity contribution in [3.05, 3.63) is 38.3 Å². The number of esters is 1. The predicted octanol–water partition coefficient (Wildman–Crippen LogP) is 0.336. The molecule has 0 saturated heterocycles. The van der Waals surface area contributed by atoms with Crippen molar-refractivity contribution in [3.8, 4) is 11.5 Å². The lowest BCUT2D eigenvalue weighted by atomic mass is 9.80. The lowest BCUT2D eigenvalue weighted by molar-refractivity contribution is -0.306. The molecular weight excluding hydrogens is 354 g/mol. The van der Waals surface area contributed by atoms with Gasteiger partial charge >= 0.3 is 10.8 Å². The van der Waals surface area contributed by atoms with Gasteiger partial charge in [-0.2, -0.15) is 0 Å². The molecule has 2 aliphatic heterocycles. The normalized spacial score (nSPS) is 24.4. The minimum absolute atomic E-state index is 0.266. The standard InChI is InChI=1S/C15H11NO6S2/c1-21-6-4-2-3-5-7-8(14(19)22-9(5)6)11(13(17)18)23-12-10(7)24-15(20)16-12/h2-4,7-8,11H,1H3,(H,16,20)(H,17,18)/p-1/t7-,8+,11+/m1/s1. The molecule has 0 saturated carbocycles. The van der Waals surface area contributed by atoms with Crippen LogP contribution in [0.2, 0.25) is 0 Å². The Balaban J connectivity index is 1.99. The van der Waals surface area contributed by atoms with Crippen molar-refractivity contribution in [2.75, 3.05) is 7.11 Å². The Bertz CT molecular complexity index is 917. The summed E-state index contributed by atoms with van der Waals surface area (Å²) in [6.07, 6.45) is 0. The Hall–Kier alpha value is -2.26. The van der Waals surface area contributed by atoms with Crippen LogP contribution < -0.4 is 19.5 Å². The molecule has 4 rings (SSSR count). The first kappa shape index (κ1) is 15.3. The van der Waals surface area contributed by atoms with Crippen molar-refractivity contribution in [1.29, 1.82) is 0 Å². The largest absolute Gasteiger partial charge is 0.549 e. The maximum Gasteiger partial charge on any atom is 0.317 e. The summed E-state index contributed by atoms with van der Waals surface area (Å²) in [6.45, 7) is 0. The van der Waals surface area contributed by atoms with E-state index in [0.29, 0.717) is 21.2 Å². The van der Waals surface area contributed by atoms with Gasteiger partial charge < -0.3 is 24.4 Å². The van der Waals surface area contributed by atoms with E-state index in [-0.39, 0.29) is 10.6 Å². The van der Waals surface area contributed by atoms with Crippen LogP contribution in [0.15, 0.2) is 28.0 Å². The number of thiazole rings is 1. The number of carbonyl (C=O) groups is 2. The molecular formula is C15H10NO6S2-. The van der Waals surface area contributed by atoms with E-state index in [0.717, 1.165) is 23.1 Å². The van der Waals surface area contributed by atoms with Crippen LogP contribution in [-0.2, 0) is 9.59 Å². The molecule has 2 aliphatic rings. The third-order valence-electron chi connectivity index (χ3n) is 4.13. The Morgan fingerprint density at radius 1 is 1.38 bits per heavy atom. The van der Waals surface area contributed by atoms with Gasteiger partial charge in [-0.1, -0.05) is 35.2 Å². The number of ether oxygens (including phenoxy) is 2. The fourth-order valence-corrected chi connectivity index (χ4v) is 5.55. The first-order valence-electron chi connectivity index (χ1n) is 7.00. The molecule has 9 heteroatoms. The van der Waals surface area contributed by atoms with E-state index in [1.807, 2.05) is 0 Å². The van der Waals surface area contributed by atoms with E-state index in [4.69, 9.17) is 9.47 Å². The van der Waals surface area contributed by atoms with Gasteiger partial charge in [0.15, 0.2) is 11.5 Å². The molecule has 0 aliphatic carbocycles. The number of benzene rings is 1. The first-order valence-corrected chi connectivity index (χ1v) is 8.70. The highest BCUT2D eigenvalue weighted by Gasteiger charge is 2.50. The zero-order valence-corrected chi connectivity index (χ0v) is 13.9. The molecule has 0 fully saturated rings. The number of carboxylic acids is 1. The fraction of sp³-hybridized carbons (Fsp3) is 0.267. The van der Waals surface area contributed by atoms with Crippen molar-refractivity contribution < 1.29 is 24.2 Å². The Kier molecular flexibility index (Phi) is 3.43. The maximum atomic E-state index is 12.5. The number of hydrogen-bond donors (Lipinski definition) is 1. The summed E-state index contributed by atoms with van der Waals surface area (Å²) in [5.74, 6) is -2.92. The smallest absolute Gasteiger partial charge is 0.317 e. The van der Waals surface area contributed by atoms with E-state index in [2.05, 4.69) is 4.98 Å². The Labute approximate surface area is 143 Å². The molecule has 124 valence electrons. The molecule has 3 atom stereocenters. The Morgan fingerprint density at radius 3 is 2.88 bits per heavy atom. The van der Waals surface area contributed by atoms with E-state index < -0.39 is 29.0 Å². The maximum absolute atomic E-state index is 12.5. The minimum Gasteiger partial charge on any atom is -0.549 e. The number of aliphatic carboxylic acids is 1. The molecule has 7 nitrogen and oxygen atoms in total. The van der Waals surface area contributed by atoms with E-state index >= 15 is 0 Å². The van der Waals surface area contributed by atoms with Crippen molar-refractivity contribution in [2.24, 2.45) is 5.92 Å². The van der Waals surface area contributed by atoms with Gasteiger partial charge in [-0.3, -0.25) is 9.59 Å². The van der Waals surface area contributed by atoms with Gasteiger partial charge in [0.25, 0.3) is 0 Å². The predicted molar refractivity (Wildman–Crippen MR) is 83.6 cm³/mol. The number of carbonyl (C=O) groups excluding carboxylic acids is 2. The molecule has 0 radical (unpaired) electrons. The summed E-state index contributed by atoms with van der Waals surface area (Å²) in [5.41, 5.74) is 0.627. The van der Waals surface area contributed by atoms with Gasteiger partial charge in [0, 0.05) is 16.4 Å². The molecule has 24 heavy (non-hydrogen) atoms. The quantitative estimate of drug-likeness (QED) is 0.604. The monoisotopic (exact) mass is 364 g/mol. The van der Waals surface area contributed by atoms with Crippen molar-refractivity contribution in [1.82, 2.24) is 4.98 Å². The number of carboxylic acid groups (broad SMARTS) is 1. The number of H-pyrrole nitrogens is 1. The van der Waals surface area contributed by atoms with Crippen LogP contribution >= 0.6 is 23.1 Å². The molecule has 1 N–H and O–H groups in total. The van der Waals surface area contributed by atoms with Gasteiger partial charge in [0.2, 0.25) is 0 Å². The summed E-state index contributed by atoms with van der Waals surface area (Å²) >= 11 is 1.90.